The van der Waals surface area contributed by atoms with E-state index in [4.69, 9.17) is 14.9 Å². The highest BCUT2D eigenvalue weighted by molar-refractivity contribution is 7.80. The zero-order chi connectivity index (χ0) is 21.5. The fourth-order valence-electron chi connectivity index (χ4n) is 3.27. The third-order valence-corrected chi connectivity index (χ3v) is 5.21. The molecule has 3 rings (SSSR count). The van der Waals surface area contributed by atoms with E-state index >= 15 is 0 Å². The van der Waals surface area contributed by atoms with Gasteiger partial charge in [0.15, 0.2) is 0 Å². The summed E-state index contributed by atoms with van der Waals surface area (Å²) >= 11 is -2.44. The van der Waals surface area contributed by atoms with Crippen LogP contribution < -0.4 is 10.0 Å². The van der Waals surface area contributed by atoms with Gasteiger partial charge in [0, 0.05) is 22.5 Å². The van der Waals surface area contributed by atoms with E-state index in [1.54, 1.807) is 51.1 Å². The Morgan fingerprint density at radius 1 is 1.14 bits per heavy atom. The molecule has 156 valence electrons. The summed E-state index contributed by atoms with van der Waals surface area (Å²) in [4.78, 5) is 12.8. The quantitative estimate of drug-likeness (QED) is 0.359. The fraction of sp³-hybridized carbons (Fsp3) is 0.381. The van der Waals surface area contributed by atoms with Crippen LogP contribution in [0.15, 0.2) is 40.8 Å². The second-order valence-electron chi connectivity index (χ2n) is 8.32. The van der Waals surface area contributed by atoms with E-state index in [1.807, 2.05) is 19.9 Å². The summed E-state index contributed by atoms with van der Waals surface area (Å²) in [6.07, 6.45) is 0. The predicted octanol–water partition coefficient (Wildman–Crippen LogP) is 4.48. The van der Waals surface area contributed by atoms with Crippen molar-refractivity contribution in [1.82, 2.24) is 0 Å². The van der Waals surface area contributed by atoms with E-state index in [-0.39, 0.29) is 5.92 Å². The van der Waals surface area contributed by atoms with Gasteiger partial charge in [0.2, 0.25) is 0 Å². The molecule has 1 aromatic heterocycles. The van der Waals surface area contributed by atoms with Crippen LogP contribution in [-0.2, 0) is 20.8 Å². The molecule has 0 saturated carbocycles. The van der Waals surface area contributed by atoms with Gasteiger partial charge in [0.1, 0.15) is 22.8 Å². The van der Waals surface area contributed by atoms with Crippen LogP contribution in [0.1, 0.15) is 34.6 Å². The minimum Gasteiger partial charge on any atom is -0.458 e. The number of benzene rings is 2. The van der Waals surface area contributed by atoms with Gasteiger partial charge in [-0.05, 0) is 57.0 Å². The van der Waals surface area contributed by atoms with E-state index in [2.05, 4.69) is 0 Å². The fourth-order valence-corrected chi connectivity index (χ4v) is 4.09. The highest BCUT2D eigenvalue weighted by Gasteiger charge is 2.36. The number of fused-ring (bicyclic) bond motifs is 3. The minimum atomic E-state index is -2.44. The molecule has 0 aliphatic carbocycles. The van der Waals surface area contributed by atoms with Gasteiger partial charge in [0.05, 0.1) is 5.69 Å². The Hall–Kier alpha value is -2.58. The topological polar surface area (TPSA) is 106 Å². The first-order valence-corrected chi connectivity index (χ1v) is 10.4. The number of nitrogens with two attached hydrogens (primary N) is 1. The number of hydrogen-bond acceptors (Lipinski definition) is 5. The van der Waals surface area contributed by atoms with Gasteiger partial charge in [-0.25, -0.2) is 9.00 Å². The maximum absolute atomic E-state index is 12.8. The van der Waals surface area contributed by atoms with Gasteiger partial charge in [-0.1, -0.05) is 13.8 Å². The number of esters is 1. The molecule has 3 aromatic rings. The van der Waals surface area contributed by atoms with Crippen molar-refractivity contribution in [2.45, 2.75) is 46.3 Å². The molecule has 0 saturated heterocycles. The molecular weight excluding hydrogens is 392 g/mol. The number of carbonyl (C=O) groups excluding carboxylic acids is 1. The number of ether oxygens (including phenoxy) is 1. The number of hydrogen-bond donors (Lipinski definition) is 2. The van der Waals surface area contributed by atoms with Crippen molar-refractivity contribution in [2.75, 3.05) is 10.0 Å². The maximum atomic E-state index is 12.8. The lowest BCUT2D eigenvalue weighted by atomic mass is 10.0. The SMILES string of the molecule is CC(C)C(C(=O)OC(C)(C)C)N(c1ccc2oc3cc(N)ccc3c2c1)S(=O)O. The van der Waals surface area contributed by atoms with Crippen LogP contribution >= 0.6 is 0 Å². The Balaban J connectivity index is 2.12. The molecule has 7 nitrogen and oxygen atoms in total. The summed E-state index contributed by atoms with van der Waals surface area (Å²) in [6.45, 7) is 8.90. The van der Waals surface area contributed by atoms with Crippen LogP contribution in [0.5, 0.6) is 0 Å². The second-order valence-corrected chi connectivity index (χ2v) is 9.17. The average Bonchev–Trinajstić information content (AvgIpc) is 2.93. The Morgan fingerprint density at radius 2 is 1.83 bits per heavy atom. The summed E-state index contributed by atoms with van der Waals surface area (Å²) in [7, 11) is 0. The van der Waals surface area contributed by atoms with E-state index in [0.29, 0.717) is 22.5 Å². The summed E-state index contributed by atoms with van der Waals surface area (Å²) < 4.78 is 34.8. The lowest BCUT2D eigenvalue weighted by Gasteiger charge is -2.33. The first kappa shape index (κ1) is 21.1. The van der Waals surface area contributed by atoms with Crippen molar-refractivity contribution in [1.29, 1.82) is 0 Å². The molecule has 0 aliphatic heterocycles. The van der Waals surface area contributed by atoms with Gasteiger partial charge in [0.25, 0.3) is 11.3 Å². The summed E-state index contributed by atoms with van der Waals surface area (Å²) in [5.74, 6) is -0.822. The van der Waals surface area contributed by atoms with E-state index in [0.717, 1.165) is 10.8 Å². The highest BCUT2D eigenvalue weighted by Crippen LogP contribution is 2.34. The standard InChI is InChI=1S/C21H26N2O5S/c1-12(2)19(20(24)28-21(3,4)5)23(29(25)26)14-7-9-17-16(11-14)15-8-6-13(22)10-18(15)27-17/h6-12,19H,22H2,1-5H3,(H,25,26). The summed E-state index contributed by atoms with van der Waals surface area (Å²) in [5.41, 5.74) is 7.37. The number of anilines is 2. The molecule has 2 unspecified atom stereocenters. The first-order chi connectivity index (χ1) is 13.5. The molecule has 0 radical (unpaired) electrons. The molecule has 2 atom stereocenters. The van der Waals surface area contributed by atoms with E-state index < -0.39 is 28.9 Å². The van der Waals surface area contributed by atoms with Crippen molar-refractivity contribution in [3.8, 4) is 0 Å². The number of furan rings is 1. The monoisotopic (exact) mass is 418 g/mol. The number of nitrogen functional groups attached to an aromatic ring is 1. The number of carbonyl (C=O) groups is 1. The molecule has 29 heavy (non-hydrogen) atoms. The van der Waals surface area contributed by atoms with Crippen LogP contribution in [-0.4, -0.2) is 26.4 Å². The molecule has 1 heterocycles. The normalized spacial score (nSPS) is 14.3. The van der Waals surface area contributed by atoms with Crippen LogP contribution in [0.3, 0.4) is 0 Å². The van der Waals surface area contributed by atoms with Crippen molar-refractivity contribution in [3.05, 3.63) is 36.4 Å². The van der Waals surface area contributed by atoms with Gasteiger partial charge in [-0.3, -0.25) is 8.86 Å². The molecule has 0 fully saturated rings. The van der Waals surface area contributed by atoms with E-state index in [1.165, 1.54) is 4.31 Å². The van der Waals surface area contributed by atoms with Crippen LogP contribution in [0.25, 0.3) is 21.9 Å². The first-order valence-electron chi connectivity index (χ1n) is 9.33. The molecule has 0 spiro atoms. The van der Waals surface area contributed by atoms with Crippen molar-refractivity contribution < 1.29 is 22.7 Å². The average molecular weight is 419 g/mol. The second kappa shape index (κ2) is 7.68. The summed E-state index contributed by atoms with van der Waals surface area (Å²) in [5, 5.41) is 1.60. The van der Waals surface area contributed by atoms with Gasteiger partial charge < -0.3 is 14.9 Å². The van der Waals surface area contributed by atoms with Crippen molar-refractivity contribution >= 4 is 50.5 Å². The Kier molecular flexibility index (Phi) is 5.60. The maximum Gasteiger partial charge on any atom is 0.330 e. The smallest absolute Gasteiger partial charge is 0.330 e. The van der Waals surface area contributed by atoms with Gasteiger partial charge >= 0.3 is 5.97 Å². The Bertz CT molecular complexity index is 1080. The third-order valence-electron chi connectivity index (χ3n) is 4.43. The molecule has 3 N–H and O–H groups in total. The zero-order valence-electron chi connectivity index (χ0n) is 17.1. The predicted molar refractivity (Wildman–Crippen MR) is 116 cm³/mol. The van der Waals surface area contributed by atoms with E-state index in [9.17, 15) is 13.6 Å². The van der Waals surface area contributed by atoms with Gasteiger partial charge in [-0.2, -0.15) is 0 Å². The molecule has 0 bridgehead atoms. The Labute approximate surface area is 172 Å². The zero-order valence-corrected chi connectivity index (χ0v) is 17.9. The van der Waals surface area contributed by atoms with Crippen LogP contribution in [0.2, 0.25) is 0 Å². The summed E-state index contributed by atoms with van der Waals surface area (Å²) in [6, 6.07) is 9.51. The molecule has 8 heteroatoms. The lowest BCUT2D eigenvalue weighted by Crippen LogP contribution is -2.48. The van der Waals surface area contributed by atoms with Gasteiger partial charge in [-0.15, -0.1) is 0 Å². The largest absolute Gasteiger partial charge is 0.458 e. The van der Waals surface area contributed by atoms with Crippen LogP contribution in [0, 0.1) is 5.92 Å². The number of nitrogens with zero attached hydrogens (tertiary/aromatic N) is 1. The molecular formula is C21H26N2O5S. The van der Waals surface area contributed by atoms with Crippen LogP contribution in [0.4, 0.5) is 11.4 Å². The highest BCUT2D eigenvalue weighted by atomic mass is 32.2. The van der Waals surface area contributed by atoms with Crippen molar-refractivity contribution in [3.63, 3.8) is 0 Å². The lowest BCUT2D eigenvalue weighted by molar-refractivity contribution is -0.157. The Morgan fingerprint density at radius 3 is 2.41 bits per heavy atom. The van der Waals surface area contributed by atoms with Crippen molar-refractivity contribution in [2.24, 2.45) is 5.92 Å². The molecule has 0 amide bonds. The third kappa shape index (κ3) is 4.38. The number of rotatable bonds is 5. The minimum absolute atomic E-state index is 0.266. The molecule has 0 aliphatic rings. The molecule has 2 aromatic carbocycles.